The molecule has 0 amide bonds. The smallest absolute Gasteiger partial charge is 0.146 e. The van der Waals surface area contributed by atoms with E-state index in [1.54, 1.807) is 0 Å². The number of hydrogen-bond donors (Lipinski definition) is 3. The van der Waals surface area contributed by atoms with Crippen molar-refractivity contribution in [1.29, 1.82) is 0 Å². The van der Waals surface area contributed by atoms with Gasteiger partial charge in [-0.15, -0.1) is 10.2 Å². The van der Waals surface area contributed by atoms with Gasteiger partial charge in [0.2, 0.25) is 0 Å². The minimum Gasteiger partial charge on any atom is -0.395 e. The summed E-state index contributed by atoms with van der Waals surface area (Å²) < 4.78 is 2.13. The van der Waals surface area contributed by atoms with Crippen LogP contribution in [0.3, 0.4) is 0 Å². The molecule has 3 rings (SSSR count). The van der Waals surface area contributed by atoms with Gasteiger partial charge in [-0.2, -0.15) is 0 Å². The van der Waals surface area contributed by atoms with Crippen molar-refractivity contribution < 1.29 is 15.3 Å². The normalized spacial score (nSPS) is 22.1. The number of aliphatic hydroxyl groups excluding tert-OH is 3. The standard InChI is InChI=1S/C17H31N5O3/c1-20-16(10-21-6-4-15(25)5-7-21)18-19-17(20)13-2-8-22(9-3-13)14(11-23)12-24/h13-15,23-25H,2-12H2,1H3. The lowest BCUT2D eigenvalue weighted by molar-refractivity contribution is 0.0560. The molecular weight excluding hydrogens is 322 g/mol. The largest absolute Gasteiger partial charge is 0.395 e. The van der Waals surface area contributed by atoms with Crippen molar-refractivity contribution in [2.24, 2.45) is 7.05 Å². The summed E-state index contributed by atoms with van der Waals surface area (Å²) in [7, 11) is 2.04. The minimum absolute atomic E-state index is 0.000191. The first-order valence-corrected chi connectivity index (χ1v) is 9.36. The third-order valence-electron chi connectivity index (χ3n) is 5.75. The summed E-state index contributed by atoms with van der Waals surface area (Å²) in [5.74, 6) is 2.40. The van der Waals surface area contributed by atoms with E-state index in [0.717, 1.165) is 70.1 Å². The van der Waals surface area contributed by atoms with Gasteiger partial charge in [-0.25, -0.2) is 0 Å². The monoisotopic (exact) mass is 353 g/mol. The maximum Gasteiger partial charge on any atom is 0.146 e. The molecule has 1 aromatic rings. The zero-order chi connectivity index (χ0) is 17.8. The molecule has 25 heavy (non-hydrogen) atoms. The van der Waals surface area contributed by atoms with Crippen LogP contribution < -0.4 is 0 Å². The minimum atomic E-state index is -0.154. The maximum absolute atomic E-state index is 9.62. The second kappa shape index (κ2) is 8.55. The number of hydrogen-bond acceptors (Lipinski definition) is 7. The highest BCUT2D eigenvalue weighted by atomic mass is 16.3. The molecule has 0 bridgehead atoms. The number of nitrogens with zero attached hydrogens (tertiary/aromatic N) is 5. The molecule has 1 aromatic heterocycles. The number of rotatable bonds is 6. The molecular formula is C17H31N5O3. The van der Waals surface area contributed by atoms with E-state index in [-0.39, 0.29) is 25.4 Å². The predicted molar refractivity (Wildman–Crippen MR) is 93.0 cm³/mol. The van der Waals surface area contributed by atoms with Crippen LogP contribution in [-0.4, -0.2) is 91.4 Å². The third-order valence-corrected chi connectivity index (χ3v) is 5.75. The lowest BCUT2D eigenvalue weighted by atomic mass is 9.95. The Labute approximate surface area is 149 Å². The molecule has 0 aliphatic carbocycles. The third kappa shape index (κ3) is 4.38. The summed E-state index contributed by atoms with van der Waals surface area (Å²) >= 11 is 0. The van der Waals surface area contributed by atoms with Crippen LogP contribution >= 0.6 is 0 Å². The second-order valence-electron chi connectivity index (χ2n) is 7.37. The zero-order valence-electron chi connectivity index (χ0n) is 15.1. The van der Waals surface area contributed by atoms with E-state index in [0.29, 0.717) is 5.92 Å². The lowest BCUT2D eigenvalue weighted by Gasteiger charge is -2.35. The van der Waals surface area contributed by atoms with Gasteiger partial charge in [-0.1, -0.05) is 0 Å². The Hall–Kier alpha value is -1.06. The zero-order valence-corrected chi connectivity index (χ0v) is 15.1. The quantitative estimate of drug-likeness (QED) is 0.622. The number of likely N-dealkylation sites (tertiary alicyclic amines) is 2. The fourth-order valence-corrected chi connectivity index (χ4v) is 3.96. The van der Waals surface area contributed by atoms with Crippen LogP contribution in [0.25, 0.3) is 0 Å². The van der Waals surface area contributed by atoms with Gasteiger partial charge in [0.15, 0.2) is 0 Å². The molecule has 8 nitrogen and oxygen atoms in total. The van der Waals surface area contributed by atoms with Gasteiger partial charge in [0.25, 0.3) is 0 Å². The first kappa shape index (κ1) is 18.7. The van der Waals surface area contributed by atoms with Gasteiger partial charge in [0.05, 0.1) is 31.9 Å². The first-order valence-electron chi connectivity index (χ1n) is 9.36. The molecule has 8 heteroatoms. The summed E-state index contributed by atoms with van der Waals surface area (Å²) in [6.45, 7) is 4.33. The maximum atomic E-state index is 9.62. The summed E-state index contributed by atoms with van der Waals surface area (Å²) in [6.07, 6.45) is 3.45. The van der Waals surface area contributed by atoms with Gasteiger partial charge in [-0.3, -0.25) is 9.80 Å². The average Bonchev–Trinajstić information content (AvgIpc) is 2.99. The van der Waals surface area contributed by atoms with Crippen molar-refractivity contribution in [2.45, 2.75) is 50.3 Å². The number of aliphatic hydroxyl groups is 3. The Bertz CT molecular complexity index is 532. The van der Waals surface area contributed by atoms with Gasteiger partial charge >= 0.3 is 0 Å². The highest BCUT2D eigenvalue weighted by Crippen LogP contribution is 2.28. The average molecular weight is 353 g/mol. The van der Waals surface area contributed by atoms with E-state index in [9.17, 15) is 15.3 Å². The van der Waals surface area contributed by atoms with Gasteiger partial charge in [0, 0.05) is 26.1 Å². The molecule has 0 spiro atoms. The summed E-state index contributed by atoms with van der Waals surface area (Å²) in [4.78, 5) is 4.49. The van der Waals surface area contributed by atoms with E-state index >= 15 is 0 Å². The number of piperidine rings is 2. The topological polar surface area (TPSA) is 97.9 Å². The second-order valence-corrected chi connectivity index (χ2v) is 7.37. The molecule has 0 saturated carbocycles. The van der Waals surface area contributed by atoms with Crippen molar-refractivity contribution in [3.8, 4) is 0 Å². The van der Waals surface area contributed by atoms with Crippen molar-refractivity contribution in [2.75, 3.05) is 39.4 Å². The van der Waals surface area contributed by atoms with Crippen molar-refractivity contribution in [3.05, 3.63) is 11.6 Å². The molecule has 3 N–H and O–H groups in total. The summed E-state index contributed by atoms with van der Waals surface area (Å²) in [6, 6.07) is -0.148. The van der Waals surface area contributed by atoms with E-state index in [2.05, 4.69) is 24.6 Å². The molecule has 3 heterocycles. The van der Waals surface area contributed by atoms with Gasteiger partial charge < -0.3 is 19.9 Å². The van der Waals surface area contributed by atoms with Crippen LogP contribution in [0.5, 0.6) is 0 Å². The Kier molecular flexibility index (Phi) is 6.40. The van der Waals surface area contributed by atoms with Crippen molar-refractivity contribution in [3.63, 3.8) is 0 Å². The summed E-state index contributed by atoms with van der Waals surface area (Å²) in [5.41, 5.74) is 0. The summed E-state index contributed by atoms with van der Waals surface area (Å²) in [5, 5.41) is 37.1. The highest BCUT2D eigenvalue weighted by Gasteiger charge is 2.28. The van der Waals surface area contributed by atoms with Crippen LogP contribution in [0.4, 0.5) is 0 Å². The van der Waals surface area contributed by atoms with Crippen molar-refractivity contribution in [1.82, 2.24) is 24.6 Å². The lowest BCUT2D eigenvalue weighted by Crippen LogP contribution is -2.45. The van der Waals surface area contributed by atoms with E-state index in [1.165, 1.54) is 0 Å². The Morgan fingerprint density at radius 1 is 1.00 bits per heavy atom. The Balaban J connectivity index is 1.56. The van der Waals surface area contributed by atoms with E-state index in [1.807, 2.05) is 7.05 Å². The molecule has 0 aromatic carbocycles. The van der Waals surface area contributed by atoms with Crippen LogP contribution in [0.1, 0.15) is 43.3 Å². The molecule has 0 radical (unpaired) electrons. The molecule has 142 valence electrons. The molecule has 2 aliphatic rings. The SMILES string of the molecule is Cn1c(CN2CCC(O)CC2)nnc1C1CCN(C(CO)CO)CC1. The van der Waals surface area contributed by atoms with E-state index in [4.69, 9.17) is 0 Å². The van der Waals surface area contributed by atoms with Gasteiger partial charge in [-0.05, 0) is 38.8 Å². The fourth-order valence-electron chi connectivity index (χ4n) is 3.96. The van der Waals surface area contributed by atoms with Crippen molar-refractivity contribution >= 4 is 0 Å². The first-order chi connectivity index (χ1) is 12.1. The molecule has 2 saturated heterocycles. The van der Waals surface area contributed by atoms with E-state index < -0.39 is 0 Å². The Morgan fingerprint density at radius 2 is 1.64 bits per heavy atom. The highest BCUT2D eigenvalue weighted by molar-refractivity contribution is 5.04. The molecule has 0 atom stereocenters. The van der Waals surface area contributed by atoms with Crippen LogP contribution in [0.2, 0.25) is 0 Å². The van der Waals surface area contributed by atoms with Crippen LogP contribution in [-0.2, 0) is 13.6 Å². The Morgan fingerprint density at radius 3 is 2.24 bits per heavy atom. The van der Waals surface area contributed by atoms with Crippen LogP contribution in [0.15, 0.2) is 0 Å². The molecule has 2 aliphatic heterocycles. The number of aromatic nitrogens is 3. The molecule has 2 fully saturated rings. The van der Waals surface area contributed by atoms with Gasteiger partial charge in [0.1, 0.15) is 11.6 Å². The van der Waals surface area contributed by atoms with Crippen LogP contribution in [0, 0.1) is 0 Å². The molecule has 0 unspecified atom stereocenters. The fraction of sp³-hybridized carbons (Fsp3) is 0.882. The predicted octanol–water partition coefficient (Wildman–Crippen LogP) is -0.696.